The van der Waals surface area contributed by atoms with Crippen molar-refractivity contribution in [3.63, 3.8) is 0 Å². The molecule has 8 nitrogen and oxygen atoms in total. The second-order valence-corrected chi connectivity index (χ2v) is 4.15. The van der Waals surface area contributed by atoms with Crippen molar-refractivity contribution in [3.8, 4) is 0 Å². The quantitative estimate of drug-likeness (QED) is 0.499. The Morgan fingerprint density at radius 2 is 1.85 bits per heavy atom. The van der Waals surface area contributed by atoms with Crippen molar-refractivity contribution in [1.29, 1.82) is 0 Å². The van der Waals surface area contributed by atoms with Gasteiger partial charge in [-0.1, -0.05) is 0 Å². The predicted molar refractivity (Wildman–Crippen MR) is 65.6 cm³/mol. The van der Waals surface area contributed by atoms with Gasteiger partial charge in [0, 0.05) is 6.42 Å². The van der Waals surface area contributed by atoms with Crippen molar-refractivity contribution in [1.82, 2.24) is 0 Å². The molecule has 8 heteroatoms. The summed E-state index contributed by atoms with van der Waals surface area (Å²) >= 11 is 0. The van der Waals surface area contributed by atoms with Gasteiger partial charge >= 0.3 is 17.7 Å². The number of carbonyl (C=O) groups is 3. The Balaban J connectivity index is 3.01. The number of ketones is 1. The number of hydrogen-bond acceptors (Lipinski definition) is 7. The van der Waals surface area contributed by atoms with Gasteiger partial charge in [-0.15, -0.1) is 0 Å². The zero-order valence-corrected chi connectivity index (χ0v) is 11.6. The van der Waals surface area contributed by atoms with Crippen molar-refractivity contribution in [2.45, 2.75) is 33.3 Å². The highest BCUT2D eigenvalue weighted by atomic mass is 16.9. The van der Waals surface area contributed by atoms with Gasteiger partial charge in [-0.05, 0) is 20.8 Å². The molecule has 0 saturated carbocycles. The number of rotatable bonds is 6. The van der Waals surface area contributed by atoms with Gasteiger partial charge in [-0.2, -0.15) is 0 Å². The Morgan fingerprint density at radius 3 is 2.35 bits per heavy atom. The lowest BCUT2D eigenvalue weighted by atomic mass is 9.92. The Kier molecular flexibility index (Phi) is 5.48. The van der Waals surface area contributed by atoms with E-state index < -0.39 is 24.0 Å². The van der Waals surface area contributed by atoms with Crippen LogP contribution >= 0.6 is 0 Å². The molecular formula is C12H17NO7. The highest BCUT2D eigenvalue weighted by molar-refractivity contribution is 6.36. The van der Waals surface area contributed by atoms with Crippen LogP contribution in [0, 0.1) is 11.1 Å². The summed E-state index contributed by atoms with van der Waals surface area (Å²) in [7, 11) is 0. The van der Waals surface area contributed by atoms with E-state index >= 15 is 0 Å². The predicted octanol–water partition coefficient (Wildman–Crippen LogP) is -0.0270. The lowest BCUT2D eigenvalue weighted by Gasteiger charge is -2.15. The fourth-order valence-electron chi connectivity index (χ4n) is 1.89. The van der Waals surface area contributed by atoms with Crippen LogP contribution in [0.15, 0.2) is 0 Å². The molecule has 1 aliphatic heterocycles. The number of esters is 2. The summed E-state index contributed by atoms with van der Waals surface area (Å²) < 4.78 is 9.50. The molecule has 0 N–H and O–H groups in total. The smallest absolute Gasteiger partial charge is 0.405 e. The van der Waals surface area contributed by atoms with Crippen molar-refractivity contribution >= 4 is 23.4 Å². The summed E-state index contributed by atoms with van der Waals surface area (Å²) in [6.07, 6.45) is -1.49. The third kappa shape index (κ3) is 3.46. The van der Waals surface area contributed by atoms with Crippen molar-refractivity contribution in [3.05, 3.63) is 5.21 Å². The SMILES string of the molecule is CCOC(=O)C1=[N+]([O-])O[C@@H](C(=O)OCC)[C@@H]1CC(C)=O. The van der Waals surface area contributed by atoms with Gasteiger partial charge in [0.15, 0.2) is 6.10 Å². The first-order valence-corrected chi connectivity index (χ1v) is 6.26. The summed E-state index contributed by atoms with van der Waals surface area (Å²) in [4.78, 5) is 39.4. The van der Waals surface area contributed by atoms with Crippen LogP contribution in [0.5, 0.6) is 0 Å². The maximum atomic E-state index is 11.7. The van der Waals surface area contributed by atoms with Crippen LogP contribution < -0.4 is 0 Å². The second kappa shape index (κ2) is 6.88. The maximum Gasteiger partial charge on any atom is 0.405 e. The minimum absolute atomic E-state index is 0.0623. The normalized spacial score (nSPS) is 21.4. The average Bonchev–Trinajstić information content (AvgIpc) is 2.66. The number of Topliss-reactive ketones (excluding diaryl/α,β-unsaturated/α-hetero) is 1. The lowest BCUT2D eigenvalue weighted by molar-refractivity contribution is -0.737. The van der Waals surface area contributed by atoms with Crippen molar-refractivity contribution < 1.29 is 33.6 Å². The number of ether oxygens (including phenoxy) is 2. The molecule has 0 bridgehead atoms. The van der Waals surface area contributed by atoms with E-state index in [1.54, 1.807) is 13.8 Å². The van der Waals surface area contributed by atoms with E-state index in [1.165, 1.54) is 6.92 Å². The van der Waals surface area contributed by atoms with E-state index in [0.29, 0.717) is 0 Å². The first-order chi connectivity index (χ1) is 9.42. The molecule has 20 heavy (non-hydrogen) atoms. The van der Waals surface area contributed by atoms with E-state index in [9.17, 15) is 19.6 Å². The van der Waals surface area contributed by atoms with Crippen LogP contribution in [-0.2, 0) is 28.7 Å². The molecule has 1 aliphatic rings. The molecule has 112 valence electrons. The van der Waals surface area contributed by atoms with E-state index in [4.69, 9.17) is 14.3 Å². The number of hydrogen-bond donors (Lipinski definition) is 0. The van der Waals surface area contributed by atoms with Gasteiger partial charge in [-0.25, -0.2) is 4.79 Å². The molecular weight excluding hydrogens is 270 g/mol. The van der Waals surface area contributed by atoms with E-state index in [0.717, 1.165) is 0 Å². The molecule has 0 aliphatic carbocycles. The van der Waals surface area contributed by atoms with Crippen LogP contribution in [0.1, 0.15) is 27.2 Å². The minimum Gasteiger partial charge on any atom is -0.465 e. The van der Waals surface area contributed by atoms with Gasteiger partial charge in [-0.3, -0.25) is 10.0 Å². The average molecular weight is 287 g/mol. The molecule has 0 spiro atoms. The molecule has 2 atom stereocenters. The molecule has 0 aromatic heterocycles. The summed E-state index contributed by atoms with van der Waals surface area (Å²) in [5.41, 5.74) is -0.389. The zero-order valence-electron chi connectivity index (χ0n) is 11.6. The van der Waals surface area contributed by atoms with Gasteiger partial charge in [0.25, 0.3) is 0 Å². The molecule has 1 rings (SSSR count). The molecule has 0 unspecified atom stereocenters. The third-order valence-electron chi connectivity index (χ3n) is 2.63. The topological polar surface area (TPSA) is 105 Å². The first-order valence-electron chi connectivity index (χ1n) is 6.26. The van der Waals surface area contributed by atoms with Gasteiger partial charge < -0.3 is 19.1 Å². The number of nitrogens with zero attached hydrogens (tertiary/aromatic N) is 1. The maximum absolute atomic E-state index is 11.7. The second-order valence-electron chi connectivity index (χ2n) is 4.15. The van der Waals surface area contributed by atoms with Gasteiger partial charge in [0.1, 0.15) is 5.78 Å². The third-order valence-corrected chi connectivity index (χ3v) is 2.63. The molecule has 0 fully saturated rings. The zero-order chi connectivity index (χ0) is 15.3. The van der Waals surface area contributed by atoms with Crippen LogP contribution in [0.3, 0.4) is 0 Å². The molecule has 0 amide bonds. The molecule has 0 aromatic carbocycles. The molecule has 0 radical (unpaired) electrons. The largest absolute Gasteiger partial charge is 0.465 e. The lowest BCUT2D eigenvalue weighted by Crippen LogP contribution is -2.37. The number of carbonyl (C=O) groups excluding carboxylic acids is 3. The summed E-state index contributed by atoms with van der Waals surface area (Å²) in [6.45, 7) is 4.62. The van der Waals surface area contributed by atoms with E-state index in [-0.39, 0.29) is 36.0 Å². The standard InChI is InChI=1S/C12H17NO7/c1-4-18-11(15)9-8(6-7(3)14)10(20-13(9)17)12(16)19-5-2/h8,10H,4-6H2,1-3H3/t8-,10-/m1/s1. The summed E-state index contributed by atoms with van der Waals surface area (Å²) in [5, 5.41) is 11.6. The van der Waals surface area contributed by atoms with Gasteiger partial charge in [0.05, 0.1) is 24.0 Å². The molecule has 0 saturated heterocycles. The highest BCUT2D eigenvalue weighted by Gasteiger charge is 2.49. The first kappa shape index (κ1) is 15.9. The van der Waals surface area contributed by atoms with Crippen molar-refractivity contribution in [2.75, 3.05) is 13.2 Å². The van der Waals surface area contributed by atoms with Crippen LogP contribution in [0.4, 0.5) is 0 Å². The Hall–Kier alpha value is -2.12. The molecule has 0 aromatic rings. The van der Waals surface area contributed by atoms with Crippen LogP contribution in [0.2, 0.25) is 0 Å². The Morgan fingerprint density at radius 1 is 1.25 bits per heavy atom. The Labute approximate surface area is 115 Å². The monoisotopic (exact) mass is 287 g/mol. The van der Waals surface area contributed by atoms with Crippen LogP contribution in [0.25, 0.3) is 0 Å². The highest BCUT2D eigenvalue weighted by Crippen LogP contribution is 2.24. The van der Waals surface area contributed by atoms with Gasteiger partial charge in [0.2, 0.25) is 0 Å². The van der Waals surface area contributed by atoms with Crippen molar-refractivity contribution in [2.24, 2.45) is 5.92 Å². The summed E-state index contributed by atoms with van der Waals surface area (Å²) in [6, 6.07) is 0. The molecule has 1 heterocycles. The van der Waals surface area contributed by atoms with Crippen LogP contribution in [-0.4, -0.2) is 47.7 Å². The van der Waals surface area contributed by atoms with E-state index in [1.807, 2.05) is 0 Å². The minimum atomic E-state index is -1.31. The fraction of sp³-hybridized carbons (Fsp3) is 0.667. The summed E-state index contributed by atoms with van der Waals surface area (Å²) in [5.74, 6) is -2.98. The Bertz CT molecular complexity index is 443. The van der Waals surface area contributed by atoms with E-state index in [2.05, 4.69) is 0 Å². The fourth-order valence-corrected chi connectivity index (χ4v) is 1.89.